The third-order valence-electron chi connectivity index (χ3n) is 3.19. The minimum Gasteiger partial charge on any atom is -0.343 e. The van der Waals surface area contributed by atoms with Gasteiger partial charge in [-0.15, -0.1) is 5.10 Å². The summed E-state index contributed by atoms with van der Waals surface area (Å²) < 4.78 is 0. The highest BCUT2D eigenvalue weighted by molar-refractivity contribution is 5.90. The fourth-order valence-electron chi connectivity index (χ4n) is 2.11. The Morgan fingerprint density at radius 3 is 2.76 bits per heavy atom. The number of H-pyrrole nitrogens is 3. The molecule has 3 aromatic rings. The molecule has 0 fully saturated rings. The minimum absolute atomic E-state index is 0.107. The van der Waals surface area contributed by atoms with Crippen LogP contribution in [0, 0.1) is 6.92 Å². The van der Waals surface area contributed by atoms with Crippen molar-refractivity contribution < 1.29 is 4.79 Å². The Labute approximate surface area is 119 Å². The molecule has 1 atom stereocenters. The number of hydrogen-bond acceptors (Lipinski definition) is 4. The average Bonchev–Trinajstić information content (AvgIpc) is 3.02. The van der Waals surface area contributed by atoms with Crippen molar-refractivity contribution in [2.24, 2.45) is 0 Å². The minimum atomic E-state index is -0.352. The van der Waals surface area contributed by atoms with Crippen LogP contribution in [-0.2, 0) is 0 Å². The van der Waals surface area contributed by atoms with E-state index in [9.17, 15) is 9.59 Å². The number of benzene rings is 1. The van der Waals surface area contributed by atoms with Crippen LogP contribution in [-0.4, -0.2) is 31.1 Å². The van der Waals surface area contributed by atoms with Gasteiger partial charge in [0.1, 0.15) is 5.82 Å². The molecule has 1 amide bonds. The molecule has 0 bridgehead atoms. The number of aromatic nitrogens is 5. The number of amides is 1. The van der Waals surface area contributed by atoms with E-state index in [1.807, 2.05) is 19.1 Å². The lowest BCUT2D eigenvalue weighted by Crippen LogP contribution is -2.27. The topological polar surface area (TPSA) is 119 Å². The molecule has 1 aromatic carbocycles. The number of imidazole rings is 1. The molecule has 0 aliphatic rings. The number of hydrogen-bond donors (Lipinski definition) is 4. The van der Waals surface area contributed by atoms with Gasteiger partial charge in [0.15, 0.2) is 0 Å². The maximum Gasteiger partial charge on any atom is 0.323 e. The van der Waals surface area contributed by atoms with Crippen molar-refractivity contribution in [3.05, 3.63) is 45.9 Å². The van der Waals surface area contributed by atoms with E-state index in [1.165, 1.54) is 0 Å². The van der Waals surface area contributed by atoms with Crippen LogP contribution in [0.4, 0.5) is 0 Å². The molecule has 2 heterocycles. The highest BCUT2D eigenvalue weighted by atomic mass is 16.2. The third-order valence-corrected chi connectivity index (χ3v) is 3.19. The lowest BCUT2D eigenvalue weighted by molar-refractivity contribution is 0.0929. The summed E-state index contributed by atoms with van der Waals surface area (Å²) in [6.07, 6.45) is 0. The summed E-state index contributed by atoms with van der Waals surface area (Å²) in [6, 6.07) is 5.23. The normalized spacial score (nSPS) is 12.5. The number of nitrogens with zero attached hydrogens (tertiary/aromatic N) is 2. The van der Waals surface area contributed by atoms with Crippen LogP contribution < -0.4 is 11.0 Å². The first-order chi connectivity index (χ1) is 10.0. The van der Waals surface area contributed by atoms with Crippen LogP contribution in [0.2, 0.25) is 0 Å². The van der Waals surface area contributed by atoms with Gasteiger partial charge in [-0.3, -0.25) is 9.89 Å². The first kappa shape index (κ1) is 13.1. The van der Waals surface area contributed by atoms with Crippen LogP contribution in [0.25, 0.3) is 11.0 Å². The molecule has 0 saturated carbocycles. The van der Waals surface area contributed by atoms with E-state index in [4.69, 9.17) is 0 Å². The molecule has 3 rings (SSSR count). The van der Waals surface area contributed by atoms with Crippen LogP contribution in [0.15, 0.2) is 23.0 Å². The molecule has 0 spiro atoms. The van der Waals surface area contributed by atoms with E-state index >= 15 is 0 Å². The van der Waals surface area contributed by atoms with Crippen molar-refractivity contribution >= 4 is 16.9 Å². The van der Waals surface area contributed by atoms with E-state index in [2.05, 4.69) is 30.5 Å². The third kappa shape index (κ3) is 2.55. The zero-order valence-electron chi connectivity index (χ0n) is 11.5. The zero-order chi connectivity index (χ0) is 15.0. The summed E-state index contributed by atoms with van der Waals surface area (Å²) in [5.74, 6) is 0.337. The van der Waals surface area contributed by atoms with E-state index in [1.54, 1.807) is 13.0 Å². The van der Waals surface area contributed by atoms with Gasteiger partial charge in [-0.25, -0.2) is 9.78 Å². The number of aryl methyl sites for hydroxylation is 1. The van der Waals surface area contributed by atoms with Gasteiger partial charge in [-0.1, -0.05) is 6.07 Å². The van der Waals surface area contributed by atoms with Crippen LogP contribution in [0.1, 0.15) is 35.0 Å². The number of carbonyl (C=O) groups is 1. The van der Waals surface area contributed by atoms with Crippen molar-refractivity contribution in [2.75, 3.05) is 0 Å². The molecule has 0 aliphatic carbocycles. The Kier molecular flexibility index (Phi) is 3.05. The van der Waals surface area contributed by atoms with Gasteiger partial charge in [0.2, 0.25) is 5.82 Å². The summed E-state index contributed by atoms with van der Waals surface area (Å²) >= 11 is 0. The van der Waals surface area contributed by atoms with E-state index in [0.29, 0.717) is 11.3 Å². The second-order valence-electron chi connectivity index (χ2n) is 4.82. The molecule has 0 aliphatic heterocycles. The molecule has 21 heavy (non-hydrogen) atoms. The fourth-order valence-corrected chi connectivity index (χ4v) is 2.11. The molecule has 0 radical (unpaired) electrons. The van der Waals surface area contributed by atoms with Crippen LogP contribution >= 0.6 is 0 Å². The lowest BCUT2D eigenvalue weighted by atomic mass is 10.1. The number of fused-ring (bicyclic) bond motifs is 1. The molecule has 2 aromatic heterocycles. The molecule has 0 saturated heterocycles. The molecule has 8 heteroatoms. The molecule has 4 N–H and O–H groups in total. The highest BCUT2D eigenvalue weighted by Crippen LogP contribution is 2.17. The monoisotopic (exact) mass is 286 g/mol. The number of nitrogens with one attached hydrogen (secondary N) is 4. The predicted molar refractivity (Wildman–Crippen MR) is 75.9 cm³/mol. The summed E-state index contributed by atoms with van der Waals surface area (Å²) in [4.78, 5) is 32.6. The van der Waals surface area contributed by atoms with Gasteiger partial charge < -0.3 is 15.3 Å². The quantitative estimate of drug-likeness (QED) is 0.568. The van der Waals surface area contributed by atoms with Crippen LogP contribution in [0.5, 0.6) is 0 Å². The predicted octanol–water partition coefficient (Wildman–Crippen LogP) is 0.774. The van der Waals surface area contributed by atoms with Crippen molar-refractivity contribution in [1.82, 2.24) is 30.5 Å². The Hall–Kier alpha value is -2.90. The second-order valence-corrected chi connectivity index (χ2v) is 4.82. The molecule has 1 unspecified atom stereocenters. The van der Waals surface area contributed by atoms with Gasteiger partial charge in [0, 0.05) is 0 Å². The van der Waals surface area contributed by atoms with Crippen molar-refractivity contribution in [3.8, 4) is 0 Å². The Bertz CT molecular complexity index is 859. The summed E-state index contributed by atoms with van der Waals surface area (Å²) in [5, 5.41) is 9.25. The molecular weight excluding hydrogens is 272 g/mol. The van der Waals surface area contributed by atoms with E-state index in [-0.39, 0.29) is 23.5 Å². The van der Waals surface area contributed by atoms with E-state index in [0.717, 1.165) is 11.1 Å². The average molecular weight is 286 g/mol. The Morgan fingerprint density at radius 2 is 2.05 bits per heavy atom. The Balaban J connectivity index is 1.81. The summed E-state index contributed by atoms with van der Waals surface area (Å²) in [7, 11) is 0. The van der Waals surface area contributed by atoms with Gasteiger partial charge in [0.05, 0.1) is 17.1 Å². The first-order valence-corrected chi connectivity index (χ1v) is 6.45. The van der Waals surface area contributed by atoms with Gasteiger partial charge in [0.25, 0.3) is 5.91 Å². The van der Waals surface area contributed by atoms with Gasteiger partial charge >= 0.3 is 5.69 Å². The maximum absolute atomic E-state index is 12.0. The van der Waals surface area contributed by atoms with Crippen molar-refractivity contribution in [3.63, 3.8) is 0 Å². The van der Waals surface area contributed by atoms with Crippen molar-refractivity contribution in [1.29, 1.82) is 0 Å². The Morgan fingerprint density at radius 1 is 1.29 bits per heavy atom. The van der Waals surface area contributed by atoms with Crippen molar-refractivity contribution in [2.45, 2.75) is 19.9 Å². The largest absolute Gasteiger partial charge is 0.343 e. The van der Waals surface area contributed by atoms with Gasteiger partial charge in [-0.05, 0) is 31.5 Å². The highest BCUT2D eigenvalue weighted by Gasteiger charge is 2.15. The molecule has 108 valence electrons. The maximum atomic E-state index is 12.0. The lowest BCUT2D eigenvalue weighted by Gasteiger charge is -2.13. The summed E-state index contributed by atoms with van der Waals surface area (Å²) in [6.45, 7) is 3.58. The first-order valence-electron chi connectivity index (χ1n) is 6.45. The zero-order valence-corrected chi connectivity index (χ0v) is 11.5. The standard InChI is InChI=1S/C13H14N6O2/c1-6(14-12(20)11-15-7(2)18-19-11)8-3-4-9-10(5-8)17-13(21)16-9/h3-6H,1-2H3,(H,14,20)(H,15,18,19)(H2,16,17,21). The SMILES string of the molecule is Cc1nc(C(=O)NC(C)c2ccc3[nH]c(=O)[nH]c3c2)n[nH]1. The number of carbonyl (C=O) groups excluding carboxylic acids is 1. The molecular formula is C13H14N6O2. The fraction of sp³-hybridized carbons (Fsp3) is 0.231. The van der Waals surface area contributed by atoms with E-state index < -0.39 is 0 Å². The second kappa shape index (κ2) is 4.89. The smallest absolute Gasteiger partial charge is 0.323 e. The number of aromatic amines is 3. The molecule has 8 nitrogen and oxygen atoms in total. The summed E-state index contributed by atoms with van der Waals surface area (Å²) in [5.41, 5.74) is 2.05. The van der Waals surface area contributed by atoms with Crippen LogP contribution in [0.3, 0.4) is 0 Å². The number of rotatable bonds is 3. The van der Waals surface area contributed by atoms with Gasteiger partial charge in [-0.2, -0.15) is 0 Å².